The van der Waals surface area contributed by atoms with Crippen molar-refractivity contribution in [2.24, 2.45) is 0 Å². The number of carboxylic acids is 1. The molecule has 0 aliphatic carbocycles. The average molecular weight is 398 g/mol. The highest BCUT2D eigenvalue weighted by Crippen LogP contribution is 2.23. The van der Waals surface area contributed by atoms with Gasteiger partial charge in [-0.2, -0.15) is 0 Å². The number of phenols is 1. The third-order valence-corrected chi connectivity index (χ3v) is 3.74. The van der Waals surface area contributed by atoms with Gasteiger partial charge in [-0.05, 0) is 35.9 Å². The fourth-order valence-corrected chi connectivity index (χ4v) is 2.39. The van der Waals surface area contributed by atoms with Gasteiger partial charge < -0.3 is 31.0 Å². The van der Waals surface area contributed by atoms with Crippen LogP contribution in [0.4, 0.5) is 11.4 Å². The highest BCUT2D eigenvalue weighted by Gasteiger charge is 2.20. The summed E-state index contributed by atoms with van der Waals surface area (Å²) in [5, 5.41) is 39.3. The van der Waals surface area contributed by atoms with E-state index in [0.29, 0.717) is 5.56 Å². The maximum atomic E-state index is 12.4. The highest BCUT2D eigenvalue weighted by molar-refractivity contribution is 6.48. The number of ether oxygens (including phenoxy) is 1. The molecule has 2 amide bonds. The molecule has 2 rings (SSSR count). The van der Waals surface area contributed by atoms with Crippen LogP contribution in [0.15, 0.2) is 36.4 Å². The standard InChI is InChI=1S/C19H18N4O6/c1-29-9-16(25)22-11-3-5-15(24)13(7-11)17(21)18(26)23-14-4-2-10(8-20)6-12(14)19(27)28/h2-8,20-21,24H,9H2,1H3,(H,22,25)(H,23,26)(H,27,28). The van der Waals surface area contributed by atoms with Gasteiger partial charge in [-0.15, -0.1) is 0 Å². The molecular weight excluding hydrogens is 380 g/mol. The van der Waals surface area contributed by atoms with Crippen LogP contribution >= 0.6 is 0 Å². The number of aromatic carboxylic acids is 1. The van der Waals surface area contributed by atoms with Crippen molar-refractivity contribution < 1.29 is 29.3 Å². The molecule has 2 aromatic rings. The third kappa shape index (κ3) is 5.23. The van der Waals surface area contributed by atoms with Crippen LogP contribution in [0.1, 0.15) is 21.5 Å². The Bertz CT molecular complexity index is 1000. The Kier molecular flexibility index (Phi) is 6.77. The molecule has 2 aromatic carbocycles. The first-order valence-electron chi connectivity index (χ1n) is 8.16. The molecule has 0 aromatic heterocycles. The number of benzene rings is 2. The van der Waals surface area contributed by atoms with E-state index in [1.165, 1.54) is 43.5 Å². The van der Waals surface area contributed by atoms with Gasteiger partial charge in [0.2, 0.25) is 5.91 Å². The van der Waals surface area contributed by atoms with Crippen molar-refractivity contribution >= 4 is 41.1 Å². The molecule has 0 heterocycles. The second-order valence-electron chi connectivity index (χ2n) is 5.80. The second kappa shape index (κ2) is 9.24. The smallest absolute Gasteiger partial charge is 0.337 e. The average Bonchev–Trinajstić information content (AvgIpc) is 2.69. The number of hydrogen-bond acceptors (Lipinski definition) is 7. The number of methoxy groups -OCH3 is 1. The van der Waals surface area contributed by atoms with E-state index in [1.807, 2.05) is 0 Å². The summed E-state index contributed by atoms with van der Waals surface area (Å²) in [6.07, 6.45) is 0.960. The van der Waals surface area contributed by atoms with Crippen molar-refractivity contribution in [3.8, 4) is 5.75 Å². The van der Waals surface area contributed by atoms with Crippen molar-refractivity contribution in [2.45, 2.75) is 0 Å². The molecule has 0 unspecified atom stereocenters. The normalized spacial score (nSPS) is 10.1. The number of carboxylic acid groups (broad SMARTS) is 1. The van der Waals surface area contributed by atoms with E-state index < -0.39 is 23.5 Å². The summed E-state index contributed by atoms with van der Waals surface area (Å²) in [6, 6.07) is 7.77. The Morgan fingerprint density at radius 2 is 1.83 bits per heavy atom. The van der Waals surface area contributed by atoms with Gasteiger partial charge in [0.05, 0.1) is 11.3 Å². The third-order valence-electron chi connectivity index (χ3n) is 3.74. The molecule has 0 saturated carbocycles. The first kappa shape index (κ1) is 21.3. The molecule has 0 spiro atoms. The molecule has 0 fully saturated rings. The van der Waals surface area contributed by atoms with Crippen LogP contribution in [0.5, 0.6) is 5.75 Å². The first-order valence-corrected chi connectivity index (χ1v) is 8.16. The molecule has 10 heteroatoms. The molecular formula is C19H18N4O6. The Balaban J connectivity index is 2.27. The molecule has 29 heavy (non-hydrogen) atoms. The number of aromatic hydroxyl groups is 1. The Morgan fingerprint density at radius 1 is 1.10 bits per heavy atom. The van der Waals surface area contributed by atoms with Crippen molar-refractivity contribution in [1.82, 2.24) is 0 Å². The fourth-order valence-electron chi connectivity index (χ4n) is 2.39. The van der Waals surface area contributed by atoms with E-state index in [4.69, 9.17) is 15.6 Å². The van der Waals surface area contributed by atoms with Gasteiger partial charge in [0.15, 0.2) is 0 Å². The van der Waals surface area contributed by atoms with Crippen LogP contribution in [0.3, 0.4) is 0 Å². The van der Waals surface area contributed by atoms with Gasteiger partial charge in [0.25, 0.3) is 5.91 Å². The van der Waals surface area contributed by atoms with E-state index in [-0.39, 0.29) is 34.9 Å². The molecule has 10 nitrogen and oxygen atoms in total. The zero-order chi connectivity index (χ0) is 21.6. The molecule has 0 saturated heterocycles. The summed E-state index contributed by atoms with van der Waals surface area (Å²) in [6.45, 7) is -0.197. The summed E-state index contributed by atoms with van der Waals surface area (Å²) >= 11 is 0. The van der Waals surface area contributed by atoms with Crippen molar-refractivity contribution in [2.75, 3.05) is 24.4 Å². The topological polar surface area (TPSA) is 173 Å². The van der Waals surface area contributed by atoms with E-state index in [1.54, 1.807) is 0 Å². The predicted octanol–water partition coefficient (Wildman–Crippen LogP) is 1.68. The summed E-state index contributed by atoms with van der Waals surface area (Å²) in [7, 11) is 1.35. The molecule has 6 N–H and O–H groups in total. The van der Waals surface area contributed by atoms with Crippen molar-refractivity contribution in [1.29, 1.82) is 10.8 Å². The minimum absolute atomic E-state index is 0.0677. The highest BCUT2D eigenvalue weighted by atomic mass is 16.5. The lowest BCUT2D eigenvalue weighted by atomic mass is 10.1. The number of carbonyl (C=O) groups is 3. The molecule has 0 radical (unpaired) electrons. The monoisotopic (exact) mass is 398 g/mol. The molecule has 0 bridgehead atoms. The maximum Gasteiger partial charge on any atom is 0.337 e. The van der Waals surface area contributed by atoms with Crippen LogP contribution in [0, 0.1) is 10.8 Å². The SMILES string of the molecule is COCC(=O)Nc1ccc(O)c(C(=N)C(=O)Nc2ccc(C=N)cc2C(=O)O)c1. The Labute approximate surface area is 165 Å². The van der Waals surface area contributed by atoms with Gasteiger partial charge >= 0.3 is 5.97 Å². The number of amides is 2. The van der Waals surface area contributed by atoms with E-state index in [9.17, 15) is 24.6 Å². The van der Waals surface area contributed by atoms with Crippen LogP contribution in [-0.2, 0) is 14.3 Å². The molecule has 0 aliphatic heterocycles. The Morgan fingerprint density at radius 3 is 2.45 bits per heavy atom. The van der Waals surface area contributed by atoms with Gasteiger partial charge in [0.1, 0.15) is 18.1 Å². The lowest BCUT2D eigenvalue weighted by Crippen LogP contribution is -2.24. The summed E-state index contributed by atoms with van der Waals surface area (Å²) in [5.41, 5.74) is -0.561. The second-order valence-corrected chi connectivity index (χ2v) is 5.80. The van der Waals surface area contributed by atoms with E-state index in [0.717, 1.165) is 6.21 Å². The minimum Gasteiger partial charge on any atom is -0.507 e. The number of nitrogens with one attached hydrogen (secondary N) is 4. The summed E-state index contributed by atoms with van der Waals surface area (Å²) in [4.78, 5) is 35.4. The molecule has 150 valence electrons. The number of phenolic OH excluding ortho intramolecular Hbond substituents is 1. The van der Waals surface area contributed by atoms with E-state index >= 15 is 0 Å². The van der Waals surface area contributed by atoms with Gasteiger partial charge in [-0.1, -0.05) is 6.07 Å². The van der Waals surface area contributed by atoms with Crippen LogP contribution in [0.25, 0.3) is 0 Å². The first-order chi connectivity index (χ1) is 13.8. The zero-order valence-electron chi connectivity index (χ0n) is 15.3. The lowest BCUT2D eigenvalue weighted by Gasteiger charge is -2.12. The largest absolute Gasteiger partial charge is 0.507 e. The van der Waals surface area contributed by atoms with Crippen LogP contribution in [0.2, 0.25) is 0 Å². The number of hydrogen-bond donors (Lipinski definition) is 6. The maximum absolute atomic E-state index is 12.4. The molecule has 0 aliphatic rings. The summed E-state index contributed by atoms with van der Waals surface area (Å²) < 4.78 is 4.70. The quantitative estimate of drug-likeness (QED) is 0.291. The van der Waals surface area contributed by atoms with E-state index in [2.05, 4.69) is 10.6 Å². The predicted molar refractivity (Wildman–Crippen MR) is 105 cm³/mol. The minimum atomic E-state index is -1.32. The van der Waals surface area contributed by atoms with Crippen LogP contribution < -0.4 is 10.6 Å². The van der Waals surface area contributed by atoms with Gasteiger partial charge in [0, 0.05) is 24.6 Å². The number of anilines is 2. The Hall–Kier alpha value is -4.05. The zero-order valence-corrected chi connectivity index (χ0v) is 15.3. The lowest BCUT2D eigenvalue weighted by molar-refractivity contribution is -0.119. The summed E-state index contributed by atoms with van der Waals surface area (Å²) in [5.74, 6) is -3.11. The number of rotatable bonds is 8. The molecule has 0 atom stereocenters. The van der Waals surface area contributed by atoms with Gasteiger partial charge in [-0.3, -0.25) is 15.0 Å². The van der Waals surface area contributed by atoms with Crippen molar-refractivity contribution in [3.05, 3.63) is 53.1 Å². The van der Waals surface area contributed by atoms with Crippen molar-refractivity contribution in [3.63, 3.8) is 0 Å². The fraction of sp³-hybridized carbons (Fsp3) is 0.105. The van der Waals surface area contributed by atoms with Crippen LogP contribution in [-0.4, -0.2) is 53.6 Å². The number of carbonyl (C=O) groups excluding carboxylic acids is 2. The van der Waals surface area contributed by atoms with Gasteiger partial charge in [-0.25, -0.2) is 4.79 Å².